The fourth-order valence-corrected chi connectivity index (χ4v) is 3.20. The van der Waals surface area contributed by atoms with Gasteiger partial charge >= 0.3 is 0 Å². The Morgan fingerprint density at radius 1 is 1.04 bits per heavy atom. The number of benzene rings is 2. The molecule has 2 aromatic carbocycles. The van der Waals surface area contributed by atoms with E-state index < -0.39 is 6.04 Å². The zero-order valence-corrected chi connectivity index (χ0v) is 16.7. The van der Waals surface area contributed by atoms with Crippen molar-refractivity contribution in [2.75, 3.05) is 7.05 Å². The first-order valence-corrected chi connectivity index (χ1v) is 9.15. The van der Waals surface area contributed by atoms with Crippen LogP contribution >= 0.6 is 34.8 Å². The van der Waals surface area contributed by atoms with E-state index in [1.807, 2.05) is 6.07 Å². The molecule has 0 spiro atoms. The summed E-state index contributed by atoms with van der Waals surface area (Å²) < 4.78 is 0. The number of carbonyl (C=O) groups excluding carboxylic acids is 2. The molecule has 2 rings (SSSR count). The van der Waals surface area contributed by atoms with Gasteiger partial charge in [-0.3, -0.25) is 9.59 Å². The lowest BCUT2D eigenvalue weighted by atomic mass is 10.1. The minimum absolute atomic E-state index is 0.0895. The van der Waals surface area contributed by atoms with Crippen molar-refractivity contribution in [1.82, 2.24) is 10.2 Å². The molecule has 2 amide bonds. The maximum absolute atomic E-state index is 12.9. The minimum Gasteiger partial charge on any atom is -0.357 e. The van der Waals surface area contributed by atoms with Gasteiger partial charge in [-0.05, 0) is 36.2 Å². The number of nitrogens with one attached hydrogen (secondary N) is 1. The van der Waals surface area contributed by atoms with Gasteiger partial charge in [0.05, 0.1) is 6.42 Å². The van der Waals surface area contributed by atoms with Crippen LogP contribution in [0.4, 0.5) is 0 Å². The van der Waals surface area contributed by atoms with E-state index >= 15 is 0 Å². The van der Waals surface area contributed by atoms with Crippen LogP contribution in [-0.2, 0) is 22.6 Å². The first kappa shape index (κ1) is 20.6. The predicted octanol–water partition coefficient (Wildman–Crippen LogP) is 4.35. The van der Waals surface area contributed by atoms with E-state index in [2.05, 4.69) is 5.32 Å². The fraction of sp³-hybridized carbons (Fsp3) is 0.263. The highest BCUT2D eigenvalue weighted by molar-refractivity contribution is 6.35. The monoisotopic (exact) mass is 412 g/mol. The molecule has 0 unspecified atom stereocenters. The molecule has 1 atom stereocenters. The van der Waals surface area contributed by atoms with Crippen molar-refractivity contribution >= 4 is 46.6 Å². The minimum atomic E-state index is -0.665. The van der Waals surface area contributed by atoms with Crippen molar-refractivity contribution in [2.24, 2.45) is 0 Å². The first-order chi connectivity index (χ1) is 12.3. The van der Waals surface area contributed by atoms with Gasteiger partial charge in [-0.25, -0.2) is 0 Å². The smallest absolute Gasteiger partial charge is 0.242 e. The zero-order chi connectivity index (χ0) is 19.3. The number of carbonyl (C=O) groups is 2. The Labute approximate surface area is 168 Å². The van der Waals surface area contributed by atoms with Crippen LogP contribution in [0.3, 0.4) is 0 Å². The summed E-state index contributed by atoms with van der Waals surface area (Å²) in [6.07, 6.45) is 0.0895. The summed E-state index contributed by atoms with van der Waals surface area (Å²) in [4.78, 5) is 26.5. The number of likely N-dealkylation sites (N-methyl/N-ethyl adjacent to an activating group) is 1. The van der Waals surface area contributed by atoms with E-state index in [9.17, 15) is 9.59 Å². The van der Waals surface area contributed by atoms with Crippen LogP contribution in [0.1, 0.15) is 18.1 Å². The number of hydrogen-bond donors (Lipinski definition) is 1. The Bertz CT molecular complexity index is 811. The van der Waals surface area contributed by atoms with Crippen LogP contribution in [0.15, 0.2) is 42.5 Å². The highest BCUT2D eigenvalue weighted by Gasteiger charge is 2.26. The Hall–Kier alpha value is -1.75. The average Bonchev–Trinajstić information content (AvgIpc) is 2.61. The zero-order valence-electron chi connectivity index (χ0n) is 14.4. The lowest BCUT2D eigenvalue weighted by molar-refractivity contribution is -0.139. The normalized spacial score (nSPS) is 11.7. The third-order valence-electron chi connectivity index (χ3n) is 4.07. The van der Waals surface area contributed by atoms with E-state index in [1.165, 1.54) is 11.9 Å². The summed E-state index contributed by atoms with van der Waals surface area (Å²) in [5, 5.41) is 4.03. The molecule has 0 radical (unpaired) electrons. The molecule has 0 saturated carbocycles. The molecule has 0 saturated heterocycles. The van der Waals surface area contributed by atoms with Gasteiger partial charge in [-0.2, -0.15) is 0 Å². The highest BCUT2D eigenvalue weighted by Crippen LogP contribution is 2.24. The van der Waals surface area contributed by atoms with Crippen LogP contribution in [0.2, 0.25) is 15.1 Å². The Morgan fingerprint density at radius 2 is 1.73 bits per heavy atom. The topological polar surface area (TPSA) is 49.4 Å². The van der Waals surface area contributed by atoms with Gasteiger partial charge in [0, 0.05) is 28.7 Å². The Morgan fingerprint density at radius 3 is 2.35 bits per heavy atom. The van der Waals surface area contributed by atoms with Crippen molar-refractivity contribution in [2.45, 2.75) is 25.9 Å². The molecule has 0 bridgehead atoms. The molecule has 0 aliphatic carbocycles. The van der Waals surface area contributed by atoms with Gasteiger partial charge < -0.3 is 10.2 Å². The van der Waals surface area contributed by atoms with Crippen molar-refractivity contribution in [1.29, 1.82) is 0 Å². The van der Waals surface area contributed by atoms with Gasteiger partial charge in [-0.15, -0.1) is 0 Å². The summed E-state index contributed by atoms with van der Waals surface area (Å²) in [6.45, 7) is 1.86. The van der Waals surface area contributed by atoms with Crippen molar-refractivity contribution < 1.29 is 9.59 Å². The van der Waals surface area contributed by atoms with Gasteiger partial charge in [-0.1, -0.05) is 59.1 Å². The number of rotatable bonds is 6. The van der Waals surface area contributed by atoms with Crippen LogP contribution in [-0.4, -0.2) is 29.8 Å². The van der Waals surface area contributed by atoms with Gasteiger partial charge in [0.2, 0.25) is 11.8 Å². The van der Waals surface area contributed by atoms with E-state index in [4.69, 9.17) is 34.8 Å². The second kappa shape index (κ2) is 9.26. The molecule has 0 fully saturated rings. The van der Waals surface area contributed by atoms with Crippen molar-refractivity contribution in [3.8, 4) is 0 Å². The van der Waals surface area contributed by atoms with Crippen LogP contribution in [0, 0.1) is 0 Å². The second-order valence-electron chi connectivity index (χ2n) is 5.82. The van der Waals surface area contributed by atoms with E-state index in [0.29, 0.717) is 26.2 Å². The molecule has 0 aliphatic rings. The molecular formula is C19H19Cl3N2O2. The maximum atomic E-state index is 12.9. The summed E-state index contributed by atoms with van der Waals surface area (Å²) >= 11 is 18.3. The lowest BCUT2D eigenvalue weighted by Crippen LogP contribution is -2.47. The second-order valence-corrected chi connectivity index (χ2v) is 7.07. The quantitative estimate of drug-likeness (QED) is 0.765. The molecule has 26 heavy (non-hydrogen) atoms. The Balaban J connectivity index is 2.29. The van der Waals surface area contributed by atoms with Crippen LogP contribution < -0.4 is 5.32 Å². The standard InChI is InChI=1S/C19H19Cl3N2O2/c1-12(19(26)23-2)24(11-14-7-8-15(20)10-17(14)22)18(25)9-13-5-3-4-6-16(13)21/h3-8,10,12H,9,11H2,1-2H3,(H,23,26)/t12-/m1/s1. The largest absolute Gasteiger partial charge is 0.357 e. The number of hydrogen-bond acceptors (Lipinski definition) is 2. The molecule has 2 aromatic rings. The third-order valence-corrected chi connectivity index (χ3v) is 5.02. The first-order valence-electron chi connectivity index (χ1n) is 8.02. The average molecular weight is 414 g/mol. The predicted molar refractivity (Wildman–Crippen MR) is 106 cm³/mol. The molecule has 0 aromatic heterocycles. The molecule has 7 heteroatoms. The van der Waals surface area contributed by atoms with Crippen LogP contribution in [0.25, 0.3) is 0 Å². The number of halogens is 3. The SMILES string of the molecule is CNC(=O)[C@@H](C)N(Cc1ccc(Cl)cc1Cl)C(=O)Cc1ccccc1Cl. The van der Waals surface area contributed by atoms with Gasteiger partial charge in [0.15, 0.2) is 0 Å². The summed E-state index contributed by atoms with van der Waals surface area (Å²) in [5.41, 5.74) is 1.41. The summed E-state index contributed by atoms with van der Waals surface area (Å²) in [7, 11) is 1.53. The summed E-state index contributed by atoms with van der Waals surface area (Å²) in [6, 6.07) is 11.5. The fourth-order valence-electron chi connectivity index (χ4n) is 2.53. The van der Waals surface area contributed by atoms with Crippen molar-refractivity contribution in [3.63, 3.8) is 0 Å². The van der Waals surface area contributed by atoms with E-state index in [0.717, 1.165) is 0 Å². The van der Waals surface area contributed by atoms with Gasteiger partial charge in [0.25, 0.3) is 0 Å². The molecule has 1 N–H and O–H groups in total. The lowest BCUT2D eigenvalue weighted by Gasteiger charge is -2.29. The molecule has 0 heterocycles. The molecule has 0 aliphatic heterocycles. The van der Waals surface area contributed by atoms with Gasteiger partial charge in [0.1, 0.15) is 6.04 Å². The molecular weight excluding hydrogens is 395 g/mol. The molecule has 138 valence electrons. The highest BCUT2D eigenvalue weighted by atomic mass is 35.5. The van der Waals surface area contributed by atoms with E-state index in [-0.39, 0.29) is 24.8 Å². The molecule has 4 nitrogen and oxygen atoms in total. The summed E-state index contributed by atoms with van der Waals surface area (Å²) in [5.74, 6) is -0.484. The van der Waals surface area contributed by atoms with E-state index in [1.54, 1.807) is 43.3 Å². The van der Waals surface area contributed by atoms with Crippen LogP contribution in [0.5, 0.6) is 0 Å². The third kappa shape index (κ3) is 5.13. The van der Waals surface area contributed by atoms with Crippen molar-refractivity contribution in [3.05, 3.63) is 68.7 Å². The number of amides is 2. The Kier molecular flexibility index (Phi) is 7.33. The maximum Gasteiger partial charge on any atom is 0.242 e. The number of nitrogens with zero attached hydrogens (tertiary/aromatic N) is 1.